The van der Waals surface area contributed by atoms with Crippen molar-refractivity contribution in [3.63, 3.8) is 0 Å². The van der Waals surface area contributed by atoms with E-state index in [0.717, 1.165) is 16.5 Å². The number of ether oxygens (including phenoxy) is 1. The van der Waals surface area contributed by atoms with Crippen molar-refractivity contribution >= 4 is 51.4 Å². The maximum atomic E-state index is 12.3. The van der Waals surface area contributed by atoms with Gasteiger partial charge in [0.05, 0.1) is 22.8 Å². The van der Waals surface area contributed by atoms with Gasteiger partial charge in [-0.25, -0.2) is 0 Å². The van der Waals surface area contributed by atoms with Crippen molar-refractivity contribution in [2.24, 2.45) is 0 Å². The molecule has 0 bridgehead atoms. The molecule has 1 aliphatic rings. The van der Waals surface area contributed by atoms with Crippen LogP contribution in [0.25, 0.3) is 10.8 Å². The van der Waals surface area contributed by atoms with Crippen LogP contribution < -0.4 is 9.64 Å². The summed E-state index contributed by atoms with van der Waals surface area (Å²) in [5.41, 5.74) is 0.630. The third-order valence-corrected chi connectivity index (χ3v) is 4.81. The summed E-state index contributed by atoms with van der Waals surface area (Å²) in [5, 5.41) is 2.66. The molecule has 0 aromatic heterocycles. The molecule has 0 aliphatic carbocycles. The van der Waals surface area contributed by atoms with Crippen LogP contribution in [0.4, 0.5) is 5.69 Å². The number of carbonyl (C=O) groups excluding carboxylic acids is 2. The first-order valence-electron chi connectivity index (χ1n) is 8.02. The highest BCUT2D eigenvalue weighted by molar-refractivity contribution is 6.54. The topological polar surface area (TPSA) is 46.6 Å². The lowest BCUT2D eigenvalue weighted by Crippen LogP contribution is -2.33. The molecule has 3 aromatic rings. The monoisotopic (exact) mass is 385 g/mol. The molecule has 4 rings (SSSR count). The van der Waals surface area contributed by atoms with Gasteiger partial charge in [-0.3, -0.25) is 14.5 Å². The van der Waals surface area contributed by atoms with Crippen LogP contribution in [0.3, 0.4) is 0 Å². The summed E-state index contributed by atoms with van der Waals surface area (Å²) in [5.74, 6) is -0.497. The molecule has 1 aliphatic heterocycles. The standard InChI is InChI=1S/C20H13Cl2NO3/c21-13-10-15-18(16(22)11-13)23(20(25)19(15)24)8-9-26-17-7-3-5-12-4-1-2-6-14(12)17/h1-7,10-11H,8-9H2. The predicted molar refractivity (Wildman–Crippen MR) is 103 cm³/mol. The molecule has 1 amide bonds. The van der Waals surface area contributed by atoms with Gasteiger partial charge in [0.25, 0.3) is 11.7 Å². The first-order chi connectivity index (χ1) is 12.6. The smallest absolute Gasteiger partial charge is 0.299 e. The average Bonchev–Trinajstić information content (AvgIpc) is 2.87. The number of amides is 1. The number of anilines is 1. The molecule has 0 radical (unpaired) electrons. The first-order valence-corrected chi connectivity index (χ1v) is 8.77. The molecular formula is C20H13Cl2NO3. The fraction of sp³-hybridized carbons (Fsp3) is 0.100. The second kappa shape index (κ2) is 6.63. The van der Waals surface area contributed by atoms with E-state index in [2.05, 4.69) is 0 Å². The second-order valence-corrected chi connectivity index (χ2v) is 6.74. The Hall–Kier alpha value is -2.56. The molecule has 0 atom stereocenters. The SMILES string of the molecule is O=C1C(=O)N(CCOc2cccc3ccccc23)c2c(Cl)cc(Cl)cc21. The molecule has 0 spiro atoms. The molecule has 130 valence electrons. The summed E-state index contributed by atoms with van der Waals surface area (Å²) in [4.78, 5) is 25.8. The number of benzene rings is 3. The number of hydrogen-bond acceptors (Lipinski definition) is 3. The van der Waals surface area contributed by atoms with E-state index in [4.69, 9.17) is 27.9 Å². The van der Waals surface area contributed by atoms with Crippen molar-refractivity contribution in [2.45, 2.75) is 0 Å². The summed E-state index contributed by atoms with van der Waals surface area (Å²) in [6.07, 6.45) is 0. The molecule has 1 heterocycles. The van der Waals surface area contributed by atoms with E-state index < -0.39 is 11.7 Å². The Labute approximate surface area is 159 Å². The van der Waals surface area contributed by atoms with Crippen molar-refractivity contribution in [2.75, 3.05) is 18.1 Å². The van der Waals surface area contributed by atoms with E-state index in [9.17, 15) is 9.59 Å². The van der Waals surface area contributed by atoms with Gasteiger partial charge in [0.1, 0.15) is 12.4 Å². The summed E-state index contributed by atoms with van der Waals surface area (Å²) in [7, 11) is 0. The van der Waals surface area contributed by atoms with Crippen molar-refractivity contribution < 1.29 is 14.3 Å². The zero-order valence-corrected chi connectivity index (χ0v) is 15.1. The third-order valence-electron chi connectivity index (χ3n) is 4.30. The summed E-state index contributed by atoms with van der Waals surface area (Å²) in [6.45, 7) is 0.438. The number of rotatable bonds is 4. The number of carbonyl (C=O) groups is 2. The van der Waals surface area contributed by atoms with Gasteiger partial charge in [-0.2, -0.15) is 0 Å². The zero-order chi connectivity index (χ0) is 18.3. The van der Waals surface area contributed by atoms with Crippen LogP contribution in [0.1, 0.15) is 10.4 Å². The van der Waals surface area contributed by atoms with Crippen molar-refractivity contribution in [1.82, 2.24) is 0 Å². The highest BCUT2D eigenvalue weighted by atomic mass is 35.5. The van der Waals surface area contributed by atoms with Crippen molar-refractivity contribution in [3.8, 4) is 5.75 Å². The molecule has 0 saturated heterocycles. The van der Waals surface area contributed by atoms with Crippen molar-refractivity contribution in [1.29, 1.82) is 0 Å². The summed E-state index contributed by atoms with van der Waals surface area (Å²) >= 11 is 12.1. The molecule has 0 saturated carbocycles. The number of ketones is 1. The molecular weight excluding hydrogens is 373 g/mol. The second-order valence-electron chi connectivity index (χ2n) is 5.90. The Morgan fingerprint density at radius 2 is 1.73 bits per heavy atom. The van der Waals surface area contributed by atoms with Crippen LogP contribution in [0.15, 0.2) is 54.6 Å². The predicted octanol–water partition coefficient (Wildman–Crippen LogP) is 4.75. The Balaban J connectivity index is 1.56. The highest BCUT2D eigenvalue weighted by Gasteiger charge is 2.37. The lowest BCUT2D eigenvalue weighted by molar-refractivity contribution is -0.114. The zero-order valence-electron chi connectivity index (χ0n) is 13.5. The van der Waals surface area contributed by atoms with Crippen LogP contribution in [-0.4, -0.2) is 24.8 Å². The van der Waals surface area contributed by atoms with E-state index in [1.165, 1.54) is 17.0 Å². The molecule has 4 nitrogen and oxygen atoms in total. The quantitative estimate of drug-likeness (QED) is 0.608. The van der Waals surface area contributed by atoms with Crippen LogP contribution in [0.5, 0.6) is 5.75 Å². The minimum absolute atomic E-state index is 0.210. The Bertz CT molecular complexity index is 1040. The molecule has 0 N–H and O–H groups in total. The van der Waals surface area contributed by atoms with Crippen LogP contribution in [0, 0.1) is 0 Å². The maximum absolute atomic E-state index is 12.3. The Kier molecular flexibility index (Phi) is 4.31. The summed E-state index contributed by atoms with van der Waals surface area (Å²) in [6, 6.07) is 16.7. The van der Waals surface area contributed by atoms with Crippen molar-refractivity contribution in [3.05, 3.63) is 70.2 Å². The van der Waals surface area contributed by atoms with Crippen LogP contribution in [0.2, 0.25) is 10.0 Å². The fourth-order valence-electron chi connectivity index (χ4n) is 3.13. The van der Waals surface area contributed by atoms with Gasteiger partial charge in [-0.1, -0.05) is 59.6 Å². The number of nitrogens with zero attached hydrogens (tertiary/aromatic N) is 1. The average molecular weight is 386 g/mol. The minimum atomic E-state index is -0.620. The largest absolute Gasteiger partial charge is 0.491 e. The van der Waals surface area contributed by atoms with Gasteiger partial charge < -0.3 is 4.74 Å². The van der Waals surface area contributed by atoms with E-state index in [1.54, 1.807) is 0 Å². The minimum Gasteiger partial charge on any atom is -0.491 e. The molecule has 26 heavy (non-hydrogen) atoms. The molecule has 3 aromatic carbocycles. The van der Waals surface area contributed by atoms with Gasteiger partial charge in [0.2, 0.25) is 0 Å². The third kappa shape index (κ3) is 2.81. The number of Topliss-reactive ketones (excluding diaryl/α,β-unsaturated/α-hetero) is 1. The number of halogens is 2. The van der Waals surface area contributed by atoms with E-state index in [-0.39, 0.29) is 23.7 Å². The number of hydrogen-bond donors (Lipinski definition) is 0. The van der Waals surface area contributed by atoms with Crippen LogP contribution >= 0.6 is 23.2 Å². The van der Waals surface area contributed by atoms with Gasteiger partial charge in [0.15, 0.2) is 0 Å². The summed E-state index contributed by atoms with van der Waals surface area (Å²) < 4.78 is 5.87. The maximum Gasteiger partial charge on any atom is 0.299 e. The highest BCUT2D eigenvalue weighted by Crippen LogP contribution is 2.38. The fourth-order valence-corrected chi connectivity index (χ4v) is 3.73. The van der Waals surface area contributed by atoms with Gasteiger partial charge in [-0.15, -0.1) is 0 Å². The molecule has 6 heteroatoms. The molecule has 0 fully saturated rings. The molecule has 0 unspecified atom stereocenters. The van der Waals surface area contributed by atoms with E-state index in [1.807, 2.05) is 42.5 Å². The first kappa shape index (κ1) is 16.9. The Morgan fingerprint density at radius 3 is 2.58 bits per heavy atom. The van der Waals surface area contributed by atoms with Gasteiger partial charge in [0, 0.05) is 10.4 Å². The van der Waals surface area contributed by atoms with Gasteiger partial charge in [-0.05, 0) is 23.6 Å². The Morgan fingerprint density at radius 1 is 0.962 bits per heavy atom. The lowest BCUT2D eigenvalue weighted by Gasteiger charge is -2.18. The normalized spacial score (nSPS) is 13.4. The van der Waals surface area contributed by atoms with Gasteiger partial charge >= 0.3 is 0 Å². The number of fused-ring (bicyclic) bond motifs is 2. The van der Waals surface area contributed by atoms with E-state index in [0.29, 0.717) is 10.7 Å². The van der Waals surface area contributed by atoms with Crippen LogP contribution in [-0.2, 0) is 4.79 Å². The van der Waals surface area contributed by atoms with E-state index >= 15 is 0 Å². The lowest BCUT2D eigenvalue weighted by atomic mass is 10.1.